The quantitative estimate of drug-likeness (QED) is 0.563. The Balaban J connectivity index is 2.19. The third-order valence-electron chi connectivity index (χ3n) is 2.29. The summed E-state index contributed by atoms with van der Waals surface area (Å²) >= 11 is 0. The van der Waals surface area contributed by atoms with Crippen LogP contribution in [0.1, 0.15) is 17.7 Å². The zero-order valence-corrected chi connectivity index (χ0v) is 8.64. The number of nitrogens with one attached hydrogen (secondary N) is 1. The Morgan fingerprint density at radius 3 is 3.25 bits per heavy atom. The molecule has 1 N–H and O–H groups in total. The van der Waals surface area contributed by atoms with E-state index < -0.39 is 0 Å². The molecule has 0 radical (unpaired) electrons. The molecule has 0 spiro atoms. The summed E-state index contributed by atoms with van der Waals surface area (Å²) in [5.74, 6) is 0.173. The average molecular weight is 217 g/mol. The fourth-order valence-electron chi connectivity index (χ4n) is 1.58. The van der Waals surface area contributed by atoms with E-state index in [9.17, 15) is 9.59 Å². The van der Waals surface area contributed by atoms with Gasteiger partial charge in [-0.2, -0.15) is 0 Å². The molecule has 0 atom stereocenters. The largest absolute Gasteiger partial charge is 0.310 e. The zero-order valence-electron chi connectivity index (χ0n) is 8.64. The minimum absolute atomic E-state index is 0.144. The lowest BCUT2D eigenvalue weighted by Gasteiger charge is -2.15. The van der Waals surface area contributed by atoms with Crippen LogP contribution in [0, 0.1) is 0 Å². The Labute approximate surface area is 92.6 Å². The maximum absolute atomic E-state index is 11.3. The second kappa shape index (κ2) is 4.65. The van der Waals surface area contributed by atoms with Gasteiger partial charge in [-0.3, -0.25) is 14.8 Å². The van der Waals surface area contributed by atoms with Gasteiger partial charge in [0.05, 0.1) is 12.1 Å². The Morgan fingerprint density at radius 2 is 2.44 bits per heavy atom. The van der Waals surface area contributed by atoms with Crippen LogP contribution in [0.25, 0.3) is 0 Å². The Morgan fingerprint density at radius 1 is 1.56 bits per heavy atom. The highest BCUT2D eigenvalue weighted by molar-refractivity contribution is 6.10. The number of carbonyl (C=O) groups excluding carboxylic acids is 2. The zero-order chi connectivity index (χ0) is 11.4. The molecule has 2 heterocycles. The van der Waals surface area contributed by atoms with Crippen molar-refractivity contribution >= 4 is 18.0 Å². The minimum Gasteiger partial charge on any atom is -0.310 e. The van der Waals surface area contributed by atoms with E-state index in [1.165, 1.54) is 0 Å². The van der Waals surface area contributed by atoms with E-state index >= 15 is 0 Å². The molecule has 2 rings (SSSR count). The van der Waals surface area contributed by atoms with Crippen LogP contribution in [0.5, 0.6) is 0 Å². The fraction of sp³-hybridized carbons (Fsp3) is 0.273. The summed E-state index contributed by atoms with van der Waals surface area (Å²) in [5, 5.41) is 2.62. The molecule has 0 aliphatic carbocycles. The van der Waals surface area contributed by atoms with Gasteiger partial charge in [0.2, 0.25) is 5.91 Å². The van der Waals surface area contributed by atoms with Crippen molar-refractivity contribution in [3.8, 4) is 0 Å². The van der Waals surface area contributed by atoms with Crippen molar-refractivity contribution in [1.29, 1.82) is 0 Å². The molecule has 82 valence electrons. The van der Waals surface area contributed by atoms with Gasteiger partial charge in [0, 0.05) is 24.7 Å². The highest BCUT2D eigenvalue weighted by atomic mass is 16.2. The summed E-state index contributed by atoms with van der Waals surface area (Å²) in [6.45, 7) is 0.612. The van der Waals surface area contributed by atoms with Gasteiger partial charge in [-0.25, -0.2) is 0 Å². The lowest BCUT2D eigenvalue weighted by Crippen LogP contribution is -2.34. The fourth-order valence-corrected chi connectivity index (χ4v) is 1.58. The van der Waals surface area contributed by atoms with E-state index in [2.05, 4.69) is 15.3 Å². The lowest BCUT2D eigenvalue weighted by atomic mass is 10.1. The number of nitrogens with zero attached hydrogens (tertiary/aromatic N) is 2. The van der Waals surface area contributed by atoms with Gasteiger partial charge in [0.25, 0.3) is 0 Å². The SMILES string of the molecule is O=CCC(=O)NC1=NCCc2ncccc21. The third kappa shape index (κ3) is 2.13. The highest BCUT2D eigenvalue weighted by Gasteiger charge is 2.16. The van der Waals surface area contributed by atoms with Crippen molar-refractivity contribution in [2.75, 3.05) is 6.54 Å². The molecule has 5 heteroatoms. The van der Waals surface area contributed by atoms with Gasteiger partial charge in [-0.15, -0.1) is 0 Å². The summed E-state index contributed by atoms with van der Waals surface area (Å²) in [4.78, 5) is 29.9. The van der Waals surface area contributed by atoms with E-state index in [0.717, 1.165) is 17.7 Å². The van der Waals surface area contributed by atoms with Crippen LogP contribution in [-0.4, -0.2) is 29.6 Å². The first-order valence-corrected chi connectivity index (χ1v) is 5.03. The van der Waals surface area contributed by atoms with Crippen LogP contribution in [0.2, 0.25) is 0 Å². The molecule has 1 amide bonds. The number of aromatic nitrogens is 1. The van der Waals surface area contributed by atoms with Crippen LogP contribution < -0.4 is 5.32 Å². The second-order valence-corrected chi connectivity index (χ2v) is 3.40. The Kier molecular flexibility index (Phi) is 3.05. The summed E-state index contributed by atoms with van der Waals surface area (Å²) in [6, 6.07) is 3.66. The molecule has 1 aliphatic rings. The molecule has 0 fully saturated rings. The minimum atomic E-state index is -0.342. The van der Waals surface area contributed by atoms with Crippen LogP contribution in [0.4, 0.5) is 0 Å². The molecule has 1 aromatic rings. The predicted octanol–water partition coefficient (Wildman–Crippen LogP) is 0.0895. The van der Waals surface area contributed by atoms with E-state index in [4.69, 9.17) is 0 Å². The van der Waals surface area contributed by atoms with Crippen molar-refractivity contribution < 1.29 is 9.59 Å². The number of aliphatic imine (C=N–C) groups is 1. The van der Waals surface area contributed by atoms with Crippen LogP contribution in [0.3, 0.4) is 0 Å². The topological polar surface area (TPSA) is 71.4 Å². The summed E-state index contributed by atoms with van der Waals surface area (Å²) < 4.78 is 0. The number of aldehydes is 1. The van der Waals surface area contributed by atoms with E-state index in [1.807, 2.05) is 6.07 Å². The van der Waals surface area contributed by atoms with Crippen molar-refractivity contribution in [3.63, 3.8) is 0 Å². The molecular formula is C11H11N3O2. The van der Waals surface area contributed by atoms with Crippen molar-refractivity contribution in [2.45, 2.75) is 12.8 Å². The standard InChI is InChI=1S/C11H11N3O2/c15-7-4-10(16)14-11-8-2-1-5-12-9(8)3-6-13-11/h1-2,5,7H,3-4,6H2,(H,13,14,16). The number of amides is 1. The molecule has 1 aliphatic heterocycles. The first-order chi connectivity index (χ1) is 7.81. The number of amidine groups is 1. The number of pyridine rings is 1. The lowest BCUT2D eigenvalue weighted by molar-refractivity contribution is -0.122. The summed E-state index contributed by atoms with van der Waals surface area (Å²) in [6.07, 6.45) is 2.93. The van der Waals surface area contributed by atoms with Gasteiger partial charge in [0.1, 0.15) is 12.1 Å². The van der Waals surface area contributed by atoms with E-state index in [0.29, 0.717) is 18.7 Å². The Hall–Kier alpha value is -2.04. The Bertz CT molecular complexity index is 454. The van der Waals surface area contributed by atoms with Crippen LogP contribution in [-0.2, 0) is 16.0 Å². The van der Waals surface area contributed by atoms with Crippen molar-refractivity contribution in [2.24, 2.45) is 4.99 Å². The van der Waals surface area contributed by atoms with Gasteiger partial charge >= 0.3 is 0 Å². The predicted molar refractivity (Wildman–Crippen MR) is 58.2 cm³/mol. The molecule has 0 unspecified atom stereocenters. The third-order valence-corrected chi connectivity index (χ3v) is 2.29. The first-order valence-electron chi connectivity index (χ1n) is 5.03. The van der Waals surface area contributed by atoms with Gasteiger partial charge in [-0.05, 0) is 12.1 Å². The maximum atomic E-state index is 11.3. The number of fused-ring (bicyclic) bond motifs is 1. The number of hydrogen-bond donors (Lipinski definition) is 1. The van der Waals surface area contributed by atoms with Gasteiger partial charge in [-0.1, -0.05) is 0 Å². The smallest absolute Gasteiger partial charge is 0.232 e. The van der Waals surface area contributed by atoms with Crippen LogP contribution >= 0.6 is 0 Å². The van der Waals surface area contributed by atoms with Crippen molar-refractivity contribution in [1.82, 2.24) is 10.3 Å². The molecular weight excluding hydrogens is 206 g/mol. The number of hydrogen-bond acceptors (Lipinski definition) is 4. The highest BCUT2D eigenvalue weighted by Crippen LogP contribution is 2.11. The molecule has 0 bridgehead atoms. The number of carbonyl (C=O) groups is 2. The molecule has 0 aromatic carbocycles. The second-order valence-electron chi connectivity index (χ2n) is 3.40. The first kappa shape index (κ1) is 10.5. The number of rotatable bonds is 2. The normalized spacial score (nSPS) is 13.6. The van der Waals surface area contributed by atoms with E-state index in [1.54, 1.807) is 12.3 Å². The molecule has 0 saturated carbocycles. The molecule has 0 saturated heterocycles. The summed E-state index contributed by atoms with van der Waals surface area (Å²) in [5.41, 5.74) is 1.77. The van der Waals surface area contributed by atoms with Gasteiger partial charge in [0.15, 0.2) is 0 Å². The van der Waals surface area contributed by atoms with Crippen LogP contribution in [0.15, 0.2) is 23.3 Å². The average Bonchev–Trinajstić information content (AvgIpc) is 2.30. The van der Waals surface area contributed by atoms with Gasteiger partial charge < -0.3 is 10.1 Å². The van der Waals surface area contributed by atoms with E-state index in [-0.39, 0.29) is 12.3 Å². The van der Waals surface area contributed by atoms with Crippen molar-refractivity contribution in [3.05, 3.63) is 29.6 Å². The molecule has 5 nitrogen and oxygen atoms in total. The molecule has 16 heavy (non-hydrogen) atoms. The monoisotopic (exact) mass is 217 g/mol. The maximum Gasteiger partial charge on any atom is 0.232 e. The summed E-state index contributed by atoms with van der Waals surface area (Å²) in [7, 11) is 0. The molecule has 1 aromatic heterocycles.